The number of fused-ring (bicyclic) bond motifs is 6. The van der Waals surface area contributed by atoms with Crippen molar-refractivity contribution in [3.05, 3.63) is 236 Å². The molecule has 1 aliphatic carbocycles. The second-order valence-electron chi connectivity index (χ2n) is 16.5. The van der Waals surface area contributed by atoms with E-state index in [1.54, 1.807) is 0 Å². The van der Waals surface area contributed by atoms with Gasteiger partial charge in [0, 0.05) is 27.7 Å². The van der Waals surface area contributed by atoms with Crippen LogP contribution >= 0.6 is 0 Å². The number of rotatable bonds is 7. The Morgan fingerprint density at radius 2 is 0.700 bits per heavy atom. The van der Waals surface area contributed by atoms with E-state index in [9.17, 15) is 0 Å². The van der Waals surface area contributed by atoms with Crippen molar-refractivity contribution >= 4 is 38.6 Å². The summed E-state index contributed by atoms with van der Waals surface area (Å²) in [6, 6.07) is 82.4. The van der Waals surface area contributed by atoms with Gasteiger partial charge < -0.3 is 4.90 Å². The molecule has 0 fully saturated rings. The topological polar surface area (TPSA) is 3.24 Å². The molecule has 0 N–H and O–H groups in total. The van der Waals surface area contributed by atoms with Crippen LogP contribution in [0, 0.1) is 0 Å². The molecule has 0 atom stereocenters. The predicted molar refractivity (Wildman–Crippen MR) is 255 cm³/mol. The van der Waals surface area contributed by atoms with Gasteiger partial charge in [-0.15, -0.1) is 0 Å². The highest BCUT2D eigenvalue weighted by molar-refractivity contribution is 6.22. The van der Waals surface area contributed by atoms with Gasteiger partial charge in [0.05, 0.1) is 5.69 Å². The normalized spacial score (nSPS) is 12.6. The van der Waals surface area contributed by atoms with Gasteiger partial charge in [0.15, 0.2) is 0 Å². The molecular formula is C59H43N. The van der Waals surface area contributed by atoms with Crippen LogP contribution in [0.1, 0.15) is 25.0 Å². The van der Waals surface area contributed by atoms with Gasteiger partial charge in [-0.3, -0.25) is 0 Å². The minimum Gasteiger partial charge on any atom is -0.309 e. The molecule has 0 radical (unpaired) electrons. The van der Waals surface area contributed by atoms with Gasteiger partial charge in [-0.05, 0) is 102 Å². The Bertz CT molecular complexity index is 3180. The molecule has 0 amide bonds. The molecule has 1 nitrogen and oxygen atoms in total. The molecule has 1 heteroatoms. The van der Waals surface area contributed by atoms with Gasteiger partial charge in [0.25, 0.3) is 0 Å². The molecule has 0 spiro atoms. The Morgan fingerprint density at radius 1 is 0.300 bits per heavy atom. The third-order valence-electron chi connectivity index (χ3n) is 12.7. The quantitative estimate of drug-likeness (QED) is 0.146. The van der Waals surface area contributed by atoms with Crippen molar-refractivity contribution in [2.75, 3.05) is 4.90 Å². The molecule has 60 heavy (non-hydrogen) atoms. The van der Waals surface area contributed by atoms with Crippen molar-refractivity contribution < 1.29 is 0 Å². The maximum absolute atomic E-state index is 2.52. The highest BCUT2D eigenvalue weighted by Gasteiger charge is 2.36. The standard InChI is InChI=1S/C59H43N/c1-59(2)55-24-14-13-21-51(55)52-38-37-48(39-56(52)59)60(58-54-23-12-10-20-50(54)49-19-9-11-22-53(49)57(58)46-17-7-4-8-18-46)47-35-33-45(34-36-47)44-31-29-43(30-32-44)42-27-25-41(26-28-42)40-15-5-3-6-16-40/h3-39H,1-2H3. The lowest BCUT2D eigenvalue weighted by Crippen LogP contribution is -2.17. The van der Waals surface area contributed by atoms with E-state index in [4.69, 9.17) is 0 Å². The monoisotopic (exact) mass is 765 g/mol. The molecule has 11 rings (SSSR count). The third kappa shape index (κ3) is 5.93. The minimum atomic E-state index is -0.138. The van der Waals surface area contributed by atoms with E-state index in [0.717, 1.165) is 11.4 Å². The van der Waals surface area contributed by atoms with Crippen molar-refractivity contribution in [2.24, 2.45) is 0 Å². The van der Waals surface area contributed by atoms with Crippen LogP contribution in [0.15, 0.2) is 224 Å². The summed E-state index contributed by atoms with van der Waals surface area (Å²) in [6.07, 6.45) is 0. The van der Waals surface area contributed by atoms with Crippen LogP contribution in [-0.4, -0.2) is 0 Å². The Hall–Kier alpha value is -7.48. The lowest BCUT2D eigenvalue weighted by atomic mass is 9.82. The molecule has 284 valence electrons. The lowest BCUT2D eigenvalue weighted by molar-refractivity contribution is 0.660. The van der Waals surface area contributed by atoms with E-state index < -0.39 is 0 Å². The summed E-state index contributed by atoms with van der Waals surface area (Å²) in [5.74, 6) is 0. The number of benzene rings is 10. The maximum Gasteiger partial charge on any atom is 0.0624 e. The average molecular weight is 766 g/mol. The zero-order valence-corrected chi connectivity index (χ0v) is 33.8. The number of anilines is 3. The fraction of sp³-hybridized carbons (Fsp3) is 0.0508. The largest absolute Gasteiger partial charge is 0.309 e. The minimum absolute atomic E-state index is 0.138. The smallest absolute Gasteiger partial charge is 0.0624 e. The van der Waals surface area contributed by atoms with E-state index in [1.165, 1.54) is 94.0 Å². The van der Waals surface area contributed by atoms with Crippen molar-refractivity contribution in [3.63, 3.8) is 0 Å². The summed E-state index contributed by atoms with van der Waals surface area (Å²) < 4.78 is 0. The third-order valence-corrected chi connectivity index (χ3v) is 12.7. The summed E-state index contributed by atoms with van der Waals surface area (Å²) in [7, 11) is 0. The fourth-order valence-electron chi connectivity index (χ4n) is 9.63. The van der Waals surface area contributed by atoms with Crippen molar-refractivity contribution in [2.45, 2.75) is 19.3 Å². The molecule has 0 saturated heterocycles. The van der Waals surface area contributed by atoms with E-state index in [1.807, 2.05) is 0 Å². The molecule has 1 aliphatic rings. The Balaban J connectivity index is 1.06. The molecule has 0 aromatic heterocycles. The molecule has 0 unspecified atom stereocenters. The first-order valence-corrected chi connectivity index (χ1v) is 20.9. The molecular weight excluding hydrogens is 723 g/mol. The van der Waals surface area contributed by atoms with Crippen LogP contribution in [0.4, 0.5) is 17.1 Å². The van der Waals surface area contributed by atoms with Crippen molar-refractivity contribution in [3.8, 4) is 55.6 Å². The van der Waals surface area contributed by atoms with E-state index in [0.29, 0.717) is 0 Å². The van der Waals surface area contributed by atoms with Gasteiger partial charge in [0.1, 0.15) is 0 Å². The highest BCUT2D eigenvalue weighted by Crippen LogP contribution is 2.53. The van der Waals surface area contributed by atoms with Gasteiger partial charge in [0.2, 0.25) is 0 Å². The average Bonchev–Trinajstić information content (AvgIpc) is 3.55. The first-order chi connectivity index (χ1) is 29.5. The lowest BCUT2D eigenvalue weighted by Gasteiger charge is -2.32. The second kappa shape index (κ2) is 14.4. The zero-order chi connectivity index (χ0) is 40.2. The summed E-state index contributed by atoms with van der Waals surface area (Å²) in [4.78, 5) is 2.52. The second-order valence-corrected chi connectivity index (χ2v) is 16.5. The number of hydrogen-bond donors (Lipinski definition) is 0. The van der Waals surface area contributed by atoms with Crippen LogP contribution in [0.3, 0.4) is 0 Å². The van der Waals surface area contributed by atoms with Crippen molar-refractivity contribution in [1.82, 2.24) is 0 Å². The van der Waals surface area contributed by atoms with Crippen molar-refractivity contribution in [1.29, 1.82) is 0 Å². The molecule has 0 saturated carbocycles. The first kappa shape index (κ1) is 35.7. The van der Waals surface area contributed by atoms with Gasteiger partial charge in [-0.2, -0.15) is 0 Å². The Kier molecular flexibility index (Phi) is 8.57. The van der Waals surface area contributed by atoms with Gasteiger partial charge in [-0.25, -0.2) is 0 Å². The summed E-state index contributed by atoms with van der Waals surface area (Å²) in [5, 5.41) is 4.96. The molecule has 0 aliphatic heterocycles. The van der Waals surface area contributed by atoms with E-state index in [-0.39, 0.29) is 5.41 Å². The Labute approximate surface area is 352 Å². The van der Waals surface area contributed by atoms with Crippen LogP contribution in [0.5, 0.6) is 0 Å². The van der Waals surface area contributed by atoms with Crippen LogP contribution in [0.2, 0.25) is 0 Å². The van der Waals surface area contributed by atoms with E-state index >= 15 is 0 Å². The van der Waals surface area contributed by atoms with Crippen LogP contribution in [0.25, 0.3) is 77.2 Å². The van der Waals surface area contributed by atoms with E-state index in [2.05, 4.69) is 243 Å². The highest BCUT2D eigenvalue weighted by atomic mass is 15.1. The molecule has 10 aromatic carbocycles. The maximum atomic E-state index is 2.52. The summed E-state index contributed by atoms with van der Waals surface area (Å²) >= 11 is 0. The summed E-state index contributed by atoms with van der Waals surface area (Å²) in [6.45, 7) is 4.73. The molecule has 10 aromatic rings. The van der Waals surface area contributed by atoms with Crippen LogP contribution in [-0.2, 0) is 5.41 Å². The first-order valence-electron chi connectivity index (χ1n) is 20.9. The molecule has 0 heterocycles. The van der Waals surface area contributed by atoms with Crippen LogP contribution < -0.4 is 4.90 Å². The molecule has 0 bridgehead atoms. The van der Waals surface area contributed by atoms with Gasteiger partial charge >= 0.3 is 0 Å². The zero-order valence-electron chi connectivity index (χ0n) is 33.8. The predicted octanol–water partition coefficient (Wildman–Crippen LogP) is 16.4. The number of nitrogens with zero attached hydrogens (tertiary/aromatic N) is 1. The summed E-state index contributed by atoms with van der Waals surface area (Å²) in [5.41, 5.74) is 18.3. The SMILES string of the molecule is CC1(C)c2ccccc2-c2ccc(N(c3ccc(-c4ccc(-c5ccc(-c6ccccc6)cc5)cc4)cc3)c3c(-c4ccccc4)c4ccccc4c4ccccc34)cc21. The fourth-order valence-corrected chi connectivity index (χ4v) is 9.63. The number of hydrogen-bond acceptors (Lipinski definition) is 1. The Morgan fingerprint density at radius 3 is 1.28 bits per heavy atom. The van der Waals surface area contributed by atoms with Gasteiger partial charge in [-0.1, -0.05) is 214 Å².